The molecule has 1 aromatic carbocycles. The summed E-state index contributed by atoms with van der Waals surface area (Å²) in [5.41, 5.74) is 4.28. The number of imidazole rings is 1. The third-order valence-electron chi connectivity index (χ3n) is 10.8. The first-order valence-electron chi connectivity index (χ1n) is 19.8. The minimum absolute atomic E-state index is 0.00448. The number of benzene rings is 1. The fraction of sp³-hybridized carbons (Fsp3) is 0.302. The van der Waals surface area contributed by atoms with E-state index in [0.717, 1.165) is 17.7 Å². The second kappa shape index (κ2) is 16.0. The molecule has 2 amide bonds. The Kier molecular flexibility index (Phi) is 10.7. The second-order valence-corrected chi connectivity index (χ2v) is 17.1. The maximum atomic E-state index is 15.4. The van der Waals surface area contributed by atoms with Crippen LogP contribution in [0.4, 0.5) is 24.8 Å². The standard InChI is InChI=1S/C43H38F3IN10O5/c1-21(2)28-18-60-54-38(28)30-8-6-10-36(49-30)51-41(58)25-15-33(23(5)12-29(25)44)55-17-32(48-19-55)26-16-34(26)57-20-56(22(3)4)40(53-57)31-9-7-11-37(50-31)52-42(59)27-13-24(47)14-35-39(27)62-43(45,46)61-35/h6-15,17-22,26,34-35,39H,16H2,1-5H3,(H-,49,50,51,52,58,59)/p+1. The number of nitrogens with zero attached hydrogens (tertiary/aromatic N) is 8. The van der Waals surface area contributed by atoms with Crippen molar-refractivity contribution >= 4 is 46.0 Å². The number of halogens is 4. The highest BCUT2D eigenvalue weighted by Gasteiger charge is 2.52. The molecule has 0 bridgehead atoms. The summed E-state index contributed by atoms with van der Waals surface area (Å²) in [5.74, 6) is -0.833. The van der Waals surface area contributed by atoms with Gasteiger partial charge in [0.15, 0.2) is 0 Å². The molecular weight excluding hydrogens is 920 g/mol. The van der Waals surface area contributed by atoms with E-state index < -0.39 is 36.1 Å². The van der Waals surface area contributed by atoms with Gasteiger partial charge in [-0.3, -0.25) is 19.1 Å². The van der Waals surface area contributed by atoms with E-state index in [0.29, 0.717) is 37.7 Å². The number of carbonyl (C=O) groups excluding carboxylic acids is 2. The molecule has 1 saturated heterocycles. The number of rotatable bonds is 11. The molecule has 62 heavy (non-hydrogen) atoms. The molecule has 2 N–H and O–H groups in total. The van der Waals surface area contributed by atoms with Crippen molar-refractivity contribution in [2.75, 3.05) is 10.6 Å². The molecule has 2 fully saturated rings. The Morgan fingerprint density at radius 3 is 2.47 bits per heavy atom. The van der Waals surface area contributed by atoms with Crippen LogP contribution in [0.3, 0.4) is 0 Å². The zero-order chi connectivity index (χ0) is 43.6. The third kappa shape index (κ3) is 8.06. The molecule has 0 radical (unpaired) electrons. The Balaban J connectivity index is 0.905. The van der Waals surface area contributed by atoms with E-state index in [9.17, 15) is 18.4 Å². The Morgan fingerprint density at radius 2 is 1.73 bits per heavy atom. The number of anilines is 2. The highest BCUT2D eigenvalue weighted by Crippen LogP contribution is 2.50. The molecule has 6 heterocycles. The molecule has 1 aliphatic heterocycles. The second-order valence-electron chi connectivity index (χ2n) is 15.9. The number of aromatic nitrogens is 8. The SMILES string of the molecule is Cc1cc(F)c(C(=O)Nc2cccc(-c3nocc3C(C)C)n2)cc1-n1cnc(C2CC2n2c[n+](C(C)C)c(-c3cccc(NC(=O)C4=CC(I)=CC5OC(F)(F)OC45)n3)n2)c1. The number of pyridine rings is 2. The maximum absolute atomic E-state index is 15.4. The van der Waals surface area contributed by atoms with Crippen molar-refractivity contribution in [2.24, 2.45) is 0 Å². The fourth-order valence-corrected chi connectivity index (χ4v) is 8.29. The van der Waals surface area contributed by atoms with E-state index in [1.807, 2.05) is 72.1 Å². The van der Waals surface area contributed by atoms with Crippen LogP contribution >= 0.6 is 22.6 Å². The summed E-state index contributed by atoms with van der Waals surface area (Å²) in [6.45, 7) is 9.82. The van der Waals surface area contributed by atoms with Gasteiger partial charge in [0, 0.05) is 26.4 Å². The predicted octanol–water partition coefficient (Wildman–Crippen LogP) is 8.13. The van der Waals surface area contributed by atoms with E-state index in [2.05, 4.69) is 30.5 Å². The highest BCUT2D eigenvalue weighted by atomic mass is 127. The minimum atomic E-state index is -3.81. The summed E-state index contributed by atoms with van der Waals surface area (Å²) in [5, 5.41) is 14.5. The molecule has 6 aromatic rings. The van der Waals surface area contributed by atoms with Crippen molar-refractivity contribution in [3.63, 3.8) is 0 Å². The molecule has 9 rings (SSSR count). The number of allylic oxidation sites excluding steroid dienone is 2. The van der Waals surface area contributed by atoms with Crippen LogP contribution in [0.2, 0.25) is 0 Å². The highest BCUT2D eigenvalue weighted by molar-refractivity contribution is 14.1. The molecule has 1 saturated carbocycles. The van der Waals surface area contributed by atoms with Crippen molar-refractivity contribution in [2.45, 2.75) is 83.5 Å². The van der Waals surface area contributed by atoms with E-state index in [-0.39, 0.29) is 46.7 Å². The lowest BCUT2D eigenvalue weighted by Crippen LogP contribution is -2.36. The van der Waals surface area contributed by atoms with Crippen LogP contribution in [0.25, 0.3) is 28.6 Å². The number of carbonyl (C=O) groups is 2. The average Bonchev–Trinajstić information content (AvgIpc) is 3.65. The topological polar surface area (TPSA) is 168 Å². The molecular formula is C43H39F3IN10O5+. The number of aryl methyl sites for hydroxylation is 1. The molecule has 15 nitrogen and oxygen atoms in total. The van der Waals surface area contributed by atoms with Crippen LogP contribution in [0.1, 0.15) is 85.2 Å². The number of hydrogen-bond donors (Lipinski definition) is 2. The number of ether oxygens (including phenoxy) is 2. The zero-order valence-electron chi connectivity index (χ0n) is 33.9. The van der Waals surface area contributed by atoms with Gasteiger partial charge in [-0.05, 0) is 110 Å². The number of amides is 2. The van der Waals surface area contributed by atoms with E-state index >= 15 is 4.39 Å². The van der Waals surface area contributed by atoms with Crippen LogP contribution in [-0.4, -0.2) is 64.8 Å². The summed E-state index contributed by atoms with van der Waals surface area (Å²) in [6, 6.07) is 13.0. The van der Waals surface area contributed by atoms with Crippen molar-refractivity contribution in [3.8, 4) is 28.6 Å². The zero-order valence-corrected chi connectivity index (χ0v) is 36.0. The molecule has 19 heteroatoms. The molecule has 0 spiro atoms. The van der Waals surface area contributed by atoms with Crippen molar-refractivity contribution < 1.29 is 41.3 Å². The third-order valence-corrected chi connectivity index (χ3v) is 11.5. The monoisotopic (exact) mass is 959 g/mol. The predicted molar refractivity (Wildman–Crippen MR) is 226 cm³/mol. The van der Waals surface area contributed by atoms with Crippen molar-refractivity contribution in [1.29, 1.82) is 0 Å². The molecule has 3 aliphatic rings. The van der Waals surface area contributed by atoms with Gasteiger partial charge in [0.2, 0.25) is 6.33 Å². The van der Waals surface area contributed by atoms with Crippen molar-refractivity contribution in [3.05, 3.63) is 123 Å². The molecule has 5 aromatic heterocycles. The Hall–Kier alpha value is -6.06. The number of fused-ring (bicyclic) bond motifs is 1. The van der Waals surface area contributed by atoms with Gasteiger partial charge < -0.3 is 19.7 Å². The fourth-order valence-electron chi connectivity index (χ4n) is 7.60. The molecule has 2 aliphatic carbocycles. The van der Waals surface area contributed by atoms with Gasteiger partial charge in [0.05, 0.1) is 40.6 Å². The van der Waals surface area contributed by atoms with Gasteiger partial charge in [0.1, 0.15) is 53.4 Å². The Morgan fingerprint density at radius 1 is 1.00 bits per heavy atom. The first kappa shape index (κ1) is 41.3. The van der Waals surface area contributed by atoms with Crippen LogP contribution in [0, 0.1) is 12.7 Å². The summed E-state index contributed by atoms with van der Waals surface area (Å²) in [7, 11) is 0. The Bertz CT molecular complexity index is 2810. The van der Waals surface area contributed by atoms with Crippen LogP contribution in [-0.2, 0) is 14.3 Å². The van der Waals surface area contributed by atoms with E-state index in [1.165, 1.54) is 24.3 Å². The lowest BCUT2D eigenvalue weighted by molar-refractivity contribution is -0.706. The lowest BCUT2D eigenvalue weighted by atomic mass is 9.98. The molecule has 4 atom stereocenters. The molecule has 4 unspecified atom stereocenters. The number of alkyl halides is 2. The summed E-state index contributed by atoms with van der Waals surface area (Å²) >= 11 is 1.94. The normalized spacial score (nSPS) is 20.2. The summed E-state index contributed by atoms with van der Waals surface area (Å²) in [6.07, 6.45) is 4.54. The van der Waals surface area contributed by atoms with Gasteiger partial charge in [-0.2, -0.15) is 0 Å². The van der Waals surface area contributed by atoms with E-state index in [4.69, 9.17) is 19.3 Å². The van der Waals surface area contributed by atoms with Crippen LogP contribution in [0.15, 0.2) is 99.5 Å². The van der Waals surface area contributed by atoms with Gasteiger partial charge in [-0.15, -0.1) is 13.5 Å². The number of nitrogens with one attached hydrogen (secondary N) is 2. The summed E-state index contributed by atoms with van der Waals surface area (Å²) < 4.78 is 64.0. The van der Waals surface area contributed by atoms with Crippen LogP contribution in [0.5, 0.6) is 0 Å². The van der Waals surface area contributed by atoms with E-state index in [1.54, 1.807) is 60.5 Å². The van der Waals surface area contributed by atoms with Gasteiger partial charge in [0.25, 0.3) is 11.8 Å². The van der Waals surface area contributed by atoms with Crippen molar-refractivity contribution in [1.82, 2.24) is 34.5 Å². The Labute approximate surface area is 366 Å². The van der Waals surface area contributed by atoms with Gasteiger partial charge in [-0.25, -0.2) is 23.9 Å². The average molecular weight is 960 g/mol. The van der Waals surface area contributed by atoms with Crippen LogP contribution < -0.4 is 15.2 Å². The first-order valence-corrected chi connectivity index (χ1v) is 20.9. The first-order chi connectivity index (χ1) is 29.6. The molecule has 318 valence electrons. The summed E-state index contributed by atoms with van der Waals surface area (Å²) in [4.78, 5) is 40.8. The van der Waals surface area contributed by atoms with Gasteiger partial charge in [-0.1, -0.05) is 31.1 Å². The van der Waals surface area contributed by atoms with Gasteiger partial charge >= 0.3 is 12.1 Å². The maximum Gasteiger partial charge on any atom is 0.486 e. The lowest BCUT2D eigenvalue weighted by Gasteiger charge is -2.20. The largest absolute Gasteiger partial charge is 0.486 e. The minimum Gasteiger partial charge on any atom is -0.364 e. The smallest absolute Gasteiger partial charge is 0.364 e. The number of hydrogen-bond acceptors (Lipinski definition) is 10. The quantitative estimate of drug-likeness (QED) is 0.0956.